The number of carbonyl (C=O) groups is 4. The highest BCUT2D eigenvalue weighted by Crippen LogP contribution is 2.14. The van der Waals surface area contributed by atoms with Crippen LogP contribution in [0.15, 0.2) is 35.4 Å². The zero-order chi connectivity index (χ0) is 23.1. The van der Waals surface area contributed by atoms with Crippen LogP contribution in [0.1, 0.15) is 51.0 Å². The number of rotatable bonds is 16. The fourth-order valence-corrected chi connectivity index (χ4v) is 3.10. The third-order valence-corrected chi connectivity index (χ3v) is 4.99. The van der Waals surface area contributed by atoms with Crippen molar-refractivity contribution in [3.05, 3.63) is 46.3 Å². The minimum absolute atomic E-state index is 0.0123. The summed E-state index contributed by atoms with van der Waals surface area (Å²) in [5, 5.41) is 15.3. The van der Waals surface area contributed by atoms with Crippen molar-refractivity contribution in [1.82, 2.24) is 5.32 Å². The highest BCUT2D eigenvalue weighted by molar-refractivity contribution is 5.90. The van der Waals surface area contributed by atoms with Crippen molar-refractivity contribution in [1.29, 1.82) is 0 Å². The normalized spacial score (nSPS) is 12.3. The predicted molar refractivity (Wildman–Crippen MR) is 115 cm³/mol. The highest BCUT2D eigenvalue weighted by atomic mass is 16.4. The number of carbonyl (C=O) groups excluding carboxylic acids is 3. The number of nitrogens with one attached hydrogen (secondary N) is 1. The van der Waals surface area contributed by atoms with Crippen molar-refractivity contribution in [3.8, 4) is 0 Å². The molecule has 0 fully saturated rings. The Morgan fingerprint density at radius 1 is 1.13 bits per heavy atom. The van der Waals surface area contributed by atoms with Crippen LogP contribution in [0.3, 0.4) is 0 Å². The maximum atomic E-state index is 12.1. The van der Waals surface area contributed by atoms with Crippen LogP contribution in [0.2, 0.25) is 0 Å². The lowest BCUT2D eigenvalue weighted by Gasteiger charge is -2.12. The van der Waals surface area contributed by atoms with Gasteiger partial charge < -0.3 is 10.4 Å². The van der Waals surface area contributed by atoms with Gasteiger partial charge in [0.15, 0.2) is 5.78 Å². The summed E-state index contributed by atoms with van der Waals surface area (Å²) in [7, 11) is 0. The number of ketones is 2. The van der Waals surface area contributed by atoms with E-state index in [-0.39, 0.29) is 49.7 Å². The smallest absolute Gasteiger partial charge is 0.307 e. The van der Waals surface area contributed by atoms with Crippen molar-refractivity contribution in [3.63, 3.8) is 0 Å². The van der Waals surface area contributed by atoms with E-state index in [4.69, 9.17) is 5.53 Å². The Labute approximate surface area is 181 Å². The molecule has 2 atom stereocenters. The summed E-state index contributed by atoms with van der Waals surface area (Å²) >= 11 is 0. The Morgan fingerprint density at radius 3 is 2.48 bits per heavy atom. The molecule has 168 valence electrons. The number of hydrogen-bond acceptors (Lipinski definition) is 5. The van der Waals surface area contributed by atoms with Gasteiger partial charge in [-0.05, 0) is 30.4 Å². The lowest BCUT2D eigenvalue weighted by atomic mass is 9.94. The Morgan fingerprint density at radius 2 is 1.84 bits per heavy atom. The van der Waals surface area contributed by atoms with E-state index in [0.29, 0.717) is 19.4 Å². The average Bonchev–Trinajstić information content (AvgIpc) is 2.75. The van der Waals surface area contributed by atoms with Crippen LogP contribution in [0.25, 0.3) is 10.4 Å². The van der Waals surface area contributed by atoms with Gasteiger partial charge in [-0.25, -0.2) is 0 Å². The number of unbranched alkanes of at least 4 members (excludes halogenated alkanes) is 1. The van der Waals surface area contributed by atoms with Gasteiger partial charge in [-0.3, -0.25) is 19.2 Å². The molecule has 0 saturated carbocycles. The van der Waals surface area contributed by atoms with Gasteiger partial charge >= 0.3 is 5.97 Å². The quantitative estimate of drug-likeness (QED) is 0.178. The van der Waals surface area contributed by atoms with Crippen molar-refractivity contribution in [2.45, 2.75) is 51.9 Å². The number of nitrogens with zero attached hydrogens (tertiary/aromatic N) is 3. The molecule has 0 radical (unpaired) electrons. The lowest BCUT2D eigenvalue weighted by Crippen LogP contribution is -2.32. The molecule has 0 saturated heterocycles. The topological polar surface area (TPSA) is 149 Å². The molecule has 0 bridgehead atoms. The molecule has 0 aliphatic carbocycles. The van der Waals surface area contributed by atoms with Crippen LogP contribution in [-0.4, -0.2) is 41.6 Å². The zero-order valence-corrected chi connectivity index (χ0v) is 17.8. The second kappa shape index (κ2) is 14.7. The molecule has 0 aromatic heterocycles. The first-order valence-electron chi connectivity index (χ1n) is 10.4. The maximum Gasteiger partial charge on any atom is 0.307 e. The van der Waals surface area contributed by atoms with Gasteiger partial charge in [-0.1, -0.05) is 48.8 Å². The predicted octanol–water partition coefficient (Wildman–Crippen LogP) is 3.47. The van der Waals surface area contributed by atoms with E-state index in [9.17, 15) is 24.3 Å². The van der Waals surface area contributed by atoms with Gasteiger partial charge in [0, 0.05) is 36.6 Å². The fourth-order valence-electron chi connectivity index (χ4n) is 3.10. The van der Waals surface area contributed by atoms with E-state index in [2.05, 4.69) is 15.3 Å². The van der Waals surface area contributed by atoms with E-state index in [0.717, 1.165) is 12.0 Å². The maximum absolute atomic E-state index is 12.1. The van der Waals surface area contributed by atoms with Crippen LogP contribution in [0.5, 0.6) is 0 Å². The number of benzene rings is 1. The molecule has 1 amide bonds. The lowest BCUT2D eigenvalue weighted by molar-refractivity contribution is -0.143. The monoisotopic (exact) mass is 430 g/mol. The summed E-state index contributed by atoms with van der Waals surface area (Å²) in [4.78, 5) is 50.3. The molecule has 2 N–H and O–H groups in total. The van der Waals surface area contributed by atoms with E-state index in [1.807, 2.05) is 18.2 Å². The van der Waals surface area contributed by atoms with Gasteiger partial charge in [0.05, 0.1) is 12.5 Å². The highest BCUT2D eigenvalue weighted by Gasteiger charge is 2.22. The number of aliphatic carboxylic acids is 1. The molecular weight excluding hydrogens is 400 g/mol. The van der Waals surface area contributed by atoms with Gasteiger partial charge in [-0.15, -0.1) is 0 Å². The van der Waals surface area contributed by atoms with Crippen molar-refractivity contribution in [2.75, 3.05) is 13.1 Å². The molecule has 0 aliphatic heterocycles. The number of carboxylic acid groups (broad SMARTS) is 1. The molecule has 1 aromatic rings. The average molecular weight is 431 g/mol. The van der Waals surface area contributed by atoms with Crippen LogP contribution < -0.4 is 5.32 Å². The second-order valence-electron chi connectivity index (χ2n) is 7.56. The van der Waals surface area contributed by atoms with Crippen molar-refractivity contribution < 1.29 is 24.3 Å². The van der Waals surface area contributed by atoms with E-state index in [1.165, 1.54) is 0 Å². The fraction of sp³-hybridized carbons (Fsp3) is 0.545. The first-order valence-corrected chi connectivity index (χ1v) is 10.4. The largest absolute Gasteiger partial charge is 0.481 e. The molecule has 0 aliphatic rings. The third kappa shape index (κ3) is 11.5. The third-order valence-electron chi connectivity index (χ3n) is 4.99. The number of Topliss-reactive ketones (excluding diaryl/α,β-unsaturated/α-hetero) is 2. The van der Waals surface area contributed by atoms with E-state index >= 15 is 0 Å². The van der Waals surface area contributed by atoms with Crippen LogP contribution in [0.4, 0.5) is 0 Å². The first kappa shape index (κ1) is 25.8. The van der Waals surface area contributed by atoms with Crippen LogP contribution in [-0.2, 0) is 25.6 Å². The van der Waals surface area contributed by atoms with E-state index < -0.39 is 17.8 Å². The van der Waals surface area contributed by atoms with Crippen LogP contribution in [0, 0.1) is 11.8 Å². The summed E-state index contributed by atoms with van der Waals surface area (Å²) in [6, 6.07) is 9.06. The SMILES string of the molecule is C[C@H](CCCCN=[N+]=[N-])C(=O)CCC(=O)NCC(=O)C[C@@H](Cc1ccccc1)C(=O)O. The number of hydrogen-bond donors (Lipinski definition) is 2. The van der Waals surface area contributed by atoms with Gasteiger partial charge in [0.1, 0.15) is 5.78 Å². The molecule has 1 aromatic carbocycles. The van der Waals surface area contributed by atoms with Crippen molar-refractivity contribution >= 4 is 23.4 Å². The van der Waals surface area contributed by atoms with Crippen molar-refractivity contribution in [2.24, 2.45) is 17.0 Å². The minimum Gasteiger partial charge on any atom is -0.481 e. The zero-order valence-electron chi connectivity index (χ0n) is 17.8. The molecule has 0 heterocycles. The molecule has 1 rings (SSSR count). The Hall–Kier alpha value is -3.19. The number of amides is 1. The summed E-state index contributed by atoms with van der Waals surface area (Å²) in [5.41, 5.74) is 9.04. The molecular formula is C22H30N4O5. The molecule has 9 nitrogen and oxygen atoms in total. The Kier molecular flexibility index (Phi) is 12.3. The van der Waals surface area contributed by atoms with Crippen LogP contribution >= 0.6 is 0 Å². The van der Waals surface area contributed by atoms with Gasteiger partial charge in [0.2, 0.25) is 5.91 Å². The minimum atomic E-state index is -1.05. The first-order chi connectivity index (χ1) is 14.8. The molecule has 9 heteroatoms. The van der Waals surface area contributed by atoms with E-state index in [1.54, 1.807) is 19.1 Å². The molecule has 31 heavy (non-hydrogen) atoms. The Bertz CT molecular complexity index is 790. The summed E-state index contributed by atoms with van der Waals surface area (Å²) in [6.07, 6.45) is 2.29. The summed E-state index contributed by atoms with van der Waals surface area (Å²) in [5.74, 6) is -2.90. The van der Waals surface area contributed by atoms with Gasteiger partial charge in [0.25, 0.3) is 0 Å². The second-order valence-corrected chi connectivity index (χ2v) is 7.56. The Balaban J connectivity index is 2.30. The molecule has 0 unspecified atom stereocenters. The number of carboxylic acids is 1. The van der Waals surface area contributed by atoms with Gasteiger partial charge in [-0.2, -0.15) is 0 Å². The standard InChI is InChI=1S/C22H30N4O5/c1-16(7-5-6-12-25-26-23)20(28)10-11-21(29)24-15-19(27)14-18(22(30)31)13-17-8-3-2-4-9-17/h2-4,8-9,16,18H,5-7,10-15H2,1H3,(H,24,29)(H,30,31)/t16-,18-/m1/s1. The number of azide groups is 1. The summed E-state index contributed by atoms with van der Waals surface area (Å²) in [6.45, 7) is 1.96. The molecule has 0 spiro atoms. The summed E-state index contributed by atoms with van der Waals surface area (Å²) < 4.78 is 0.